The highest BCUT2D eigenvalue weighted by atomic mass is 16.5. The summed E-state index contributed by atoms with van der Waals surface area (Å²) in [4.78, 5) is 0. The maximum Gasteiger partial charge on any atom is 0.119 e. The first-order valence-corrected chi connectivity index (χ1v) is 5.80. The van der Waals surface area contributed by atoms with Gasteiger partial charge >= 0.3 is 0 Å². The van der Waals surface area contributed by atoms with E-state index >= 15 is 0 Å². The molecule has 0 aliphatic rings. The lowest BCUT2D eigenvalue weighted by Crippen LogP contribution is -2.08. The van der Waals surface area contributed by atoms with Crippen LogP contribution in [0.3, 0.4) is 0 Å². The monoisotopic (exact) mass is 223 g/mol. The van der Waals surface area contributed by atoms with Crippen LogP contribution in [0.4, 0.5) is 0 Å². The Morgan fingerprint density at radius 1 is 1.25 bits per heavy atom. The molecule has 2 N–H and O–H groups in total. The smallest absolute Gasteiger partial charge is 0.119 e. The van der Waals surface area contributed by atoms with Gasteiger partial charge in [-0.1, -0.05) is 19.1 Å². The van der Waals surface area contributed by atoms with E-state index in [9.17, 15) is 0 Å². The van der Waals surface area contributed by atoms with Crippen molar-refractivity contribution < 1.29 is 9.47 Å². The molecule has 0 fully saturated rings. The zero-order chi connectivity index (χ0) is 11.8. The third-order valence-corrected chi connectivity index (χ3v) is 2.23. The van der Waals surface area contributed by atoms with Gasteiger partial charge in [-0.2, -0.15) is 0 Å². The summed E-state index contributed by atoms with van der Waals surface area (Å²) in [6.07, 6.45) is 1.04. The summed E-state index contributed by atoms with van der Waals surface area (Å²) in [6, 6.07) is 7.92. The number of hydrogen-bond donors (Lipinski definition) is 1. The molecule has 3 nitrogen and oxygen atoms in total. The molecule has 0 unspecified atom stereocenters. The Kier molecular flexibility index (Phi) is 5.90. The van der Waals surface area contributed by atoms with Crippen molar-refractivity contribution in [2.45, 2.75) is 26.3 Å². The topological polar surface area (TPSA) is 44.5 Å². The third-order valence-electron chi connectivity index (χ3n) is 2.23. The molecular formula is C13H21NO2. The van der Waals surface area contributed by atoms with E-state index in [0.717, 1.165) is 24.3 Å². The van der Waals surface area contributed by atoms with Crippen LogP contribution < -0.4 is 10.5 Å². The minimum atomic E-state index is 0.0416. The minimum absolute atomic E-state index is 0.0416. The van der Waals surface area contributed by atoms with Crippen LogP contribution >= 0.6 is 0 Å². The van der Waals surface area contributed by atoms with Crippen molar-refractivity contribution in [3.63, 3.8) is 0 Å². The second kappa shape index (κ2) is 7.25. The summed E-state index contributed by atoms with van der Waals surface area (Å²) >= 11 is 0. The Balaban J connectivity index is 2.33. The van der Waals surface area contributed by atoms with E-state index < -0.39 is 0 Å². The van der Waals surface area contributed by atoms with E-state index in [4.69, 9.17) is 15.2 Å². The Bertz CT molecular complexity index is 300. The molecule has 0 aliphatic heterocycles. The normalized spacial score (nSPS) is 12.4. The summed E-state index contributed by atoms with van der Waals surface area (Å²) in [6.45, 7) is 6.07. The van der Waals surface area contributed by atoms with E-state index in [1.54, 1.807) is 0 Å². The average molecular weight is 223 g/mol. The molecule has 0 bridgehead atoms. The van der Waals surface area contributed by atoms with Gasteiger partial charge in [-0.25, -0.2) is 0 Å². The van der Waals surface area contributed by atoms with Gasteiger partial charge in [-0.15, -0.1) is 0 Å². The van der Waals surface area contributed by atoms with Gasteiger partial charge in [0.05, 0.1) is 6.61 Å². The molecule has 3 heteroatoms. The number of nitrogens with two attached hydrogens (primary N) is 1. The lowest BCUT2D eigenvalue weighted by Gasteiger charge is -2.10. The molecule has 1 atom stereocenters. The fourth-order valence-corrected chi connectivity index (χ4v) is 1.35. The molecule has 0 spiro atoms. The summed E-state index contributed by atoms with van der Waals surface area (Å²) in [5.74, 6) is 0.856. The maximum atomic E-state index is 5.80. The zero-order valence-electron chi connectivity index (χ0n) is 10.1. The van der Waals surface area contributed by atoms with Gasteiger partial charge in [0.2, 0.25) is 0 Å². The predicted octanol–water partition coefficient (Wildman–Crippen LogP) is 2.51. The van der Waals surface area contributed by atoms with Crippen LogP contribution in [0.25, 0.3) is 0 Å². The zero-order valence-corrected chi connectivity index (χ0v) is 10.1. The van der Waals surface area contributed by atoms with Crippen LogP contribution in [0.5, 0.6) is 5.75 Å². The average Bonchev–Trinajstić information content (AvgIpc) is 2.29. The third kappa shape index (κ3) is 4.64. The van der Waals surface area contributed by atoms with E-state index in [1.807, 2.05) is 31.2 Å². The molecule has 0 saturated heterocycles. The molecule has 0 radical (unpaired) electrons. The lowest BCUT2D eigenvalue weighted by molar-refractivity contribution is 0.101. The fourth-order valence-electron chi connectivity index (χ4n) is 1.35. The van der Waals surface area contributed by atoms with Gasteiger partial charge in [0.1, 0.15) is 12.4 Å². The van der Waals surface area contributed by atoms with Gasteiger partial charge in [-0.3, -0.25) is 0 Å². The Morgan fingerprint density at radius 2 is 2.06 bits per heavy atom. The molecular weight excluding hydrogens is 202 g/mol. The van der Waals surface area contributed by atoms with Crippen molar-refractivity contribution in [3.05, 3.63) is 29.8 Å². The van der Waals surface area contributed by atoms with Crippen LogP contribution in [0.1, 0.15) is 31.9 Å². The van der Waals surface area contributed by atoms with Crippen molar-refractivity contribution in [2.24, 2.45) is 5.73 Å². The van der Waals surface area contributed by atoms with Gasteiger partial charge in [0.25, 0.3) is 0 Å². The predicted molar refractivity (Wildman–Crippen MR) is 65.6 cm³/mol. The summed E-state index contributed by atoms with van der Waals surface area (Å²) in [7, 11) is 0. The first kappa shape index (κ1) is 13.0. The maximum absolute atomic E-state index is 5.80. The van der Waals surface area contributed by atoms with Crippen LogP contribution in [0, 0.1) is 0 Å². The Morgan fingerprint density at radius 3 is 2.75 bits per heavy atom. The summed E-state index contributed by atoms with van der Waals surface area (Å²) in [5.41, 5.74) is 6.89. The second-order valence-corrected chi connectivity index (χ2v) is 3.82. The quantitative estimate of drug-likeness (QED) is 0.722. The standard InChI is InChI=1S/C13H21NO2/c1-3-7-15-8-9-16-13-6-4-5-12(10-13)11(2)14/h4-6,10-11H,3,7-9,14H2,1-2H3/t11-/m0/s1. The molecule has 1 aromatic rings. The molecule has 0 amide bonds. The van der Waals surface area contributed by atoms with Gasteiger partial charge in [0.15, 0.2) is 0 Å². The van der Waals surface area contributed by atoms with Gasteiger partial charge in [0, 0.05) is 12.6 Å². The van der Waals surface area contributed by atoms with E-state index in [2.05, 4.69) is 6.92 Å². The lowest BCUT2D eigenvalue weighted by atomic mass is 10.1. The molecule has 0 saturated carbocycles. The highest BCUT2D eigenvalue weighted by Gasteiger charge is 2.00. The van der Waals surface area contributed by atoms with E-state index in [-0.39, 0.29) is 6.04 Å². The SMILES string of the molecule is CCCOCCOc1cccc([C@H](C)N)c1. The van der Waals surface area contributed by atoms with E-state index in [0.29, 0.717) is 13.2 Å². The first-order chi connectivity index (χ1) is 7.74. The van der Waals surface area contributed by atoms with Crippen LogP contribution in [-0.2, 0) is 4.74 Å². The highest BCUT2D eigenvalue weighted by molar-refractivity contribution is 5.30. The first-order valence-electron chi connectivity index (χ1n) is 5.80. The van der Waals surface area contributed by atoms with Gasteiger partial charge in [-0.05, 0) is 31.0 Å². The van der Waals surface area contributed by atoms with Crippen molar-refractivity contribution in [3.8, 4) is 5.75 Å². The van der Waals surface area contributed by atoms with Crippen molar-refractivity contribution in [1.82, 2.24) is 0 Å². The summed E-state index contributed by atoms with van der Waals surface area (Å²) in [5, 5.41) is 0. The molecule has 1 aromatic carbocycles. The highest BCUT2D eigenvalue weighted by Crippen LogP contribution is 2.17. The summed E-state index contributed by atoms with van der Waals surface area (Å²) < 4.78 is 10.9. The van der Waals surface area contributed by atoms with Gasteiger partial charge < -0.3 is 15.2 Å². The number of ether oxygens (including phenoxy) is 2. The Labute approximate surface area is 97.6 Å². The molecule has 0 aromatic heterocycles. The number of rotatable bonds is 7. The van der Waals surface area contributed by atoms with Crippen LogP contribution in [0.2, 0.25) is 0 Å². The number of benzene rings is 1. The molecule has 1 rings (SSSR count). The van der Waals surface area contributed by atoms with Crippen molar-refractivity contribution in [2.75, 3.05) is 19.8 Å². The van der Waals surface area contributed by atoms with Crippen LogP contribution in [0.15, 0.2) is 24.3 Å². The second-order valence-electron chi connectivity index (χ2n) is 3.82. The molecule has 90 valence electrons. The largest absolute Gasteiger partial charge is 0.491 e. The molecule has 16 heavy (non-hydrogen) atoms. The van der Waals surface area contributed by atoms with Crippen molar-refractivity contribution in [1.29, 1.82) is 0 Å². The fraction of sp³-hybridized carbons (Fsp3) is 0.538. The number of hydrogen-bond acceptors (Lipinski definition) is 3. The minimum Gasteiger partial charge on any atom is -0.491 e. The molecule has 0 heterocycles. The molecule has 0 aliphatic carbocycles. The van der Waals surface area contributed by atoms with Crippen molar-refractivity contribution >= 4 is 0 Å². The van der Waals surface area contributed by atoms with Crippen LogP contribution in [-0.4, -0.2) is 19.8 Å². The van der Waals surface area contributed by atoms with E-state index in [1.165, 1.54) is 0 Å². The Hall–Kier alpha value is -1.06.